The van der Waals surface area contributed by atoms with Crippen molar-refractivity contribution < 1.29 is 9.34 Å². The van der Waals surface area contributed by atoms with Gasteiger partial charge in [0.1, 0.15) is 5.76 Å². The van der Waals surface area contributed by atoms with Crippen molar-refractivity contribution in [2.45, 2.75) is 33.2 Å². The van der Waals surface area contributed by atoms with Crippen LogP contribution in [0.1, 0.15) is 30.2 Å². The normalized spacial score (nSPS) is 15.9. The average molecular weight is 413 g/mol. The Balaban J connectivity index is 1.50. The number of nitrogens with one attached hydrogen (secondary N) is 1. The van der Waals surface area contributed by atoms with Crippen molar-refractivity contribution in [1.29, 1.82) is 0 Å². The number of hydrogen-bond acceptors (Lipinski definition) is 6. The number of nitrogens with zero attached hydrogens (tertiary/aromatic N) is 3. The molecule has 0 radical (unpaired) electrons. The first-order valence-corrected chi connectivity index (χ1v) is 9.61. The predicted molar refractivity (Wildman–Crippen MR) is 106 cm³/mol. The minimum absolute atomic E-state index is 0.110. The summed E-state index contributed by atoms with van der Waals surface area (Å²) in [5.41, 5.74) is 1.39. The quantitative estimate of drug-likeness (QED) is 0.539. The van der Waals surface area contributed by atoms with Crippen LogP contribution in [-0.2, 0) is 6.54 Å². The van der Waals surface area contributed by atoms with Crippen molar-refractivity contribution >= 4 is 34.6 Å². The highest BCUT2D eigenvalue weighted by atomic mass is 35.5. The zero-order chi connectivity index (χ0) is 19.6. The first-order chi connectivity index (χ1) is 12.8. The average Bonchev–Trinajstić information content (AvgIpc) is 2.92. The predicted octanol–water partition coefficient (Wildman–Crippen LogP) is 4.83. The number of non-ortho nitro benzene ring substituents is 1. The van der Waals surface area contributed by atoms with Gasteiger partial charge in [0.2, 0.25) is 5.89 Å². The Hall–Kier alpha value is -1.83. The van der Waals surface area contributed by atoms with E-state index in [4.69, 9.17) is 27.6 Å². The summed E-state index contributed by atoms with van der Waals surface area (Å²) in [6.45, 7) is 7.27. The molecule has 3 rings (SSSR count). The Kier molecular flexibility index (Phi) is 6.24. The van der Waals surface area contributed by atoms with Crippen LogP contribution in [0.5, 0.6) is 0 Å². The van der Waals surface area contributed by atoms with Crippen LogP contribution in [0, 0.1) is 29.9 Å². The Morgan fingerprint density at radius 2 is 1.93 bits per heavy atom. The molecule has 1 aromatic heterocycles. The van der Waals surface area contributed by atoms with Gasteiger partial charge in [-0.2, -0.15) is 0 Å². The van der Waals surface area contributed by atoms with E-state index in [0.717, 1.165) is 56.4 Å². The van der Waals surface area contributed by atoms with Crippen LogP contribution in [0.3, 0.4) is 0 Å². The van der Waals surface area contributed by atoms with E-state index >= 15 is 0 Å². The third-order valence-electron chi connectivity index (χ3n) is 4.94. The number of aromatic nitrogens is 1. The molecule has 146 valence electrons. The maximum Gasteiger partial charge on any atom is 0.272 e. The Labute approximate surface area is 167 Å². The lowest BCUT2D eigenvalue weighted by atomic mass is 9.96. The number of rotatable bonds is 6. The monoisotopic (exact) mass is 412 g/mol. The second-order valence-corrected chi connectivity index (χ2v) is 7.71. The number of piperidine rings is 1. The molecule has 7 nitrogen and oxygen atoms in total. The molecule has 2 heterocycles. The molecule has 0 unspecified atom stereocenters. The van der Waals surface area contributed by atoms with E-state index in [-0.39, 0.29) is 15.7 Å². The van der Waals surface area contributed by atoms with E-state index in [1.165, 1.54) is 12.1 Å². The number of likely N-dealkylation sites (tertiary alicyclic amines) is 1. The van der Waals surface area contributed by atoms with Gasteiger partial charge in [-0.25, -0.2) is 4.98 Å². The van der Waals surface area contributed by atoms with Gasteiger partial charge in [0.25, 0.3) is 5.69 Å². The van der Waals surface area contributed by atoms with Gasteiger partial charge in [0.15, 0.2) is 0 Å². The Bertz CT molecular complexity index is 790. The van der Waals surface area contributed by atoms with Crippen LogP contribution in [-0.4, -0.2) is 34.4 Å². The van der Waals surface area contributed by atoms with Crippen LogP contribution < -0.4 is 5.32 Å². The third kappa shape index (κ3) is 4.91. The van der Waals surface area contributed by atoms with Crippen molar-refractivity contribution in [3.8, 4) is 0 Å². The molecule has 1 fully saturated rings. The first-order valence-electron chi connectivity index (χ1n) is 8.86. The molecule has 1 aromatic carbocycles. The van der Waals surface area contributed by atoms with Crippen molar-refractivity contribution in [2.24, 2.45) is 5.92 Å². The summed E-state index contributed by atoms with van der Waals surface area (Å²) in [6, 6.07) is 2.64. The molecule has 1 N–H and O–H groups in total. The summed E-state index contributed by atoms with van der Waals surface area (Å²) in [6.07, 6.45) is 2.07. The summed E-state index contributed by atoms with van der Waals surface area (Å²) in [7, 11) is 0. The molecule has 0 bridgehead atoms. The first kappa shape index (κ1) is 19.9. The van der Waals surface area contributed by atoms with Gasteiger partial charge < -0.3 is 9.73 Å². The highest BCUT2D eigenvalue weighted by Gasteiger charge is 2.22. The summed E-state index contributed by atoms with van der Waals surface area (Å²) in [5, 5.41) is 14.6. The van der Waals surface area contributed by atoms with E-state index in [2.05, 4.69) is 15.2 Å². The minimum atomic E-state index is -0.506. The van der Waals surface area contributed by atoms with Gasteiger partial charge >= 0.3 is 0 Å². The molecule has 27 heavy (non-hydrogen) atoms. The van der Waals surface area contributed by atoms with Crippen molar-refractivity contribution in [3.63, 3.8) is 0 Å². The molecule has 2 aromatic rings. The minimum Gasteiger partial charge on any atom is -0.444 e. The smallest absolute Gasteiger partial charge is 0.272 e. The second-order valence-electron chi connectivity index (χ2n) is 6.89. The van der Waals surface area contributed by atoms with Gasteiger partial charge in [0.05, 0.1) is 32.9 Å². The zero-order valence-corrected chi connectivity index (χ0v) is 16.8. The zero-order valence-electron chi connectivity index (χ0n) is 15.3. The SMILES string of the molecule is Cc1nc(CN2CCC(CNc3c(Cl)cc([N+](=O)[O-])cc3Cl)CC2)oc1C. The number of oxazole rings is 1. The third-order valence-corrected chi connectivity index (χ3v) is 5.54. The maximum absolute atomic E-state index is 10.9. The van der Waals surface area contributed by atoms with Gasteiger partial charge in [0, 0.05) is 18.7 Å². The summed E-state index contributed by atoms with van der Waals surface area (Å²) >= 11 is 12.3. The number of anilines is 1. The molecule has 0 spiro atoms. The Morgan fingerprint density at radius 3 is 2.44 bits per heavy atom. The van der Waals surface area contributed by atoms with Crippen molar-refractivity contribution in [3.05, 3.63) is 49.6 Å². The second kappa shape index (κ2) is 8.46. The number of benzene rings is 1. The highest BCUT2D eigenvalue weighted by molar-refractivity contribution is 6.39. The van der Waals surface area contributed by atoms with Crippen molar-refractivity contribution in [2.75, 3.05) is 25.0 Å². The van der Waals surface area contributed by atoms with E-state index in [1.54, 1.807) is 0 Å². The lowest BCUT2D eigenvalue weighted by molar-refractivity contribution is -0.384. The standard InChI is InChI=1S/C18H22Cl2N4O3/c1-11-12(2)27-17(22-11)10-23-5-3-13(4-6-23)9-21-18-15(19)7-14(24(25)26)8-16(18)20/h7-8,13,21H,3-6,9-10H2,1-2H3. The number of hydrogen-bond donors (Lipinski definition) is 1. The molecular formula is C18H22Cl2N4O3. The van der Waals surface area contributed by atoms with Crippen LogP contribution >= 0.6 is 23.2 Å². The molecule has 0 aliphatic carbocycles. The fourth-order valence-electron chi connectivity index (χ4n) is 3.23. The van der Waals surface area contributed by atoms with Gasteiger partial charge in [-0.1, -0.05) is 23.2 Å². The summed E-state index contributed by atoms with van der Waals surface area (Å²) < 4.78 is 5.66. The summed E-state index contributed by atoms with van der Waals surface area (Å²) in [4.78, 5) is 17.1. The molecule has 0 amide bonds. The van der Waals surface area contributed by atoms with E-state index < -0.39 is 4.92 Å². The number of halogens is 2. The molecule has 1 aliphatic heterocycles. The lowest BCUT2D eigenvalue weighted by Gasteiger charge is -2.31. The highest BCUT2D eigenvalue weighted by Crippen LogP contribution is 2.35. The van der Waals surface area contributed by atoms with E-state index in [1.807, 2.05) is 13.8 Å². The van der Waals surface area contributed by atoms with Crippen LogP contribution in [0.2, 0.25) is 10.0 Å². The Morgan fingerprint density at radius 1 is 1.30 bits per heavy atom. The lowest BCUT2D eigenvalue weighted by Crippen LogP contribution is -2.35. The van der Waals surface area contributed by atoms with Crippen LogP contribution in [0.4, 0.5) is 11.4 Å². The van der Waals surface area contributed by atoms with Crippen LogP contribution in [0.25, 0.3) is 0 Å². The molecular weight excluding hydrogens is 391 g/mol. The molecule has 1 aliphatic rings. The van der Waals surface area contributed by atoms with E-state index in [0.29, 0.717) is 11.6 Å². The van der Waals surface area contributed by atoms with E-state index in [9.17, 15) is 10.1 Å². The summed E-state index contributed by atoms with van der Waals surface area (Å²) in [5.74, 6) is 2.13. The van der Waals surface area contributed by atoms with Crippen LogP contribution in [0.15, 0.2) is 16.5 Å². The topological polar surface area (TPSA) is 84.4 Å². The fourth-order valence-corrected chi connectivity index (χ4v) is 3.84. The number of nitro groups is 1. The van der Waals surface area contributed by atoms with Gasteiger partial charge in [-0.3, -0.25) is 15.0 Å². The largest absolute Gasteiger partial charge is 0.444 e. The fraction of sp³-hybridized carbons (Fsp3) is 0.500. The van der Waals surface area contributed by atoms with Crippen molar-refractivity contribution in [1.82, 2.24) is 9.88 Å². The molecule has 0 saturated carbocycles. The molecule has 0 atom stereocenters. The molecule has 1 saturated heterocycles. The molecule has 9 heteroatoms. The van der Waals surface area contributed by atoms with Gasteiger partial charge in [-0.15, -0.1) is 0 Å². The number of aryl methyl sites for hydroxylation is 2. The van der Waals surface area contributed by atoms with Gasteiger partial charge in [-0.05, 0) is 45.7 Å². The number of nitro benzene ring substituents is 1. The maximum atomic E-state index is 10.9.